The Morgan fingerprint density at radius 2 is 2.22 bits per heavy atom. The molecule has 0 fully saturated rings. The molecule has 0 saturated heterocycles. The van der Waals surface area contributed by atoms with Gasteiger partial charge in [-0.25, -0.2) is 4.98 Å². The molecule has 1 N–H and O–H groups in total. The van der Waals surface area contributed by atoms with E-state index in [2.05, 4.69) is 39.0 Å². The van der Waals surface area contributed by atoms with Crippen molar-refractivity contribution in [2.75, 3.05) is 24.3 Å². The Hall–Kier alpha value is -1.62. The smallest absolute Gasteiger partial charge is 0.226 e. The van der Waals surface area contributed by atoms with E-state index >= 15 is 0 Å². The molecule has 2 aromatic heterocycles. The molecule has 2 heterocycles. The number of hydrogen-bond acceptors (Lipinski definition) is 5. The van der Waals surface area contributed by atoms with Crippen molar-refractivity contribution in [3.63, 3.8) is 0 Å². The lowest BCUT2D eigenvalue weighted by molar-refractivity contribution is 0.785. The van der Waals surface area contributed by atoms with Crippen LogP contribution >= 0.6 is 11.3 Å². The van der Waals surface area contributed by atoms with E-state index < -0.39 is 0 Å². The molecule has 2 rings (SSSR count). The summed E-state index contributed by atoms with van der Waals surface area (Å²) < 4.78 is 0. The van der Waals surface area contributed by atoms with Gasteiger partial charge in [-0.1, -0.05) is 0 Å². The van der Waals surface area contributed by atoms with Crippen molar-refractivity contribution in [3.8, 4) is 0 Å². The molecule has 0 amide bonds. The topological polar surface area (TPSA) is 41.1 Å². The van der Waals surface area contributed by atoms with Crippen molar-refractivity contribution in [1.82, 2.24) is 9.97 Å². The van der Waals surface area contributed by atoms with Crippen LogP contribution in [-0.2, 0) is 6.42 Å². The van der Waals surface area contributed by atoms with Crippen LogP contribution in [0.5, 0.6) is 0 Å². The fourth-order valence-corrected chi connectivity index (χ4v) is 2.39. The second-order valence-corrected chi connectivity index (χ2v) is 5.30. The molecule has 0 aliphatic heterocycles. The van der Waals surface area contributed by atoms with Crippen LogP contribution in [0.3, 0.4) is 0 Å². The third-order valence-electron chi connectivity index (χ3n) is 2.56. The van der Waals surface area contributed by atoms with Gasteiger partial charge in [0.05, 0.1) is 0 Å². The number of aromatic nitrogens is 2. The predicted molar refractivity (Wildman–Crippen MR) is 77.5 cm³/mol. The second kappa shape index (κ2) is 5.82. The van der Waals surface area contributed by atoms with Crippen LogP contribution in [0.4, 0.5) is 11.8 Å². The van der Waals surface area contributed by atoms with Crippen molar-refractivity contribution < 1.29 is 0 Å². The molecule has 1 atom stereocenters. The largest absolute Gasteiger partial charge is 0.367 e. The Morgan fingerprint density at radius 1 is 1.39 bits per heavy atom. The molecule has 2 aromatic rings. The normalized spacial score (nSPS) is 12.2. The first-order valence-corrected chi connectivity index (χ1v) is 6.87. The molecule has 1 unspecified atom stereocenters. The molecular weight excluding hydrogens is 244 g/mol. The number of nitrogens with one attached hydrogen (secondary N) is 1. The van der Waals surface area contributed by atoms with Crippen molar-refractivity contribution in [2.45, 2.75) is 19.4 Å². The van der Waals surface area contributed by atoms with Gasteiger partial charge >= 0.3 is 0 Å². The molecule has 0 saturated carbocycles. The van der Waals surface area contributed by atoms with E-state index in [1.54, 1.807) is 17.5 Å². The van der Waals surface area contributed by atoms with E-state index in [0.717, 1.165) is 18.2 Å². The molecule has 0 radical (unpaired) electrons. The van der Waals surface area contributed by atoms with Crippen molar-refractivity contribution >= 4 is 23.1 Å². The van der Waals surface area contributed by atoms with Crippen LogP contribution in [0.2, 0.25) is 0 Å². The van der Waals surface area contributed by atoms with E-state index in [4.69, 9.17) is 0 Å². The highest BCUT2D eigenvalue weighted by Crippen LogP contribution is 2.13. The third kappa shape index (κ3) is 3.43. The van der Waals surface area contributed by atoms with Gasteiger partial charge in [0.1, 0.15) is 5.82 Å². The molecular formula is C13H18N4S. The minimum Gasteiger partial charge on any atom is -0.367 e. The summed E-state index contributed by atoms with van der Waals surface area (Å²) in [7, 11) is 3.88. The molecule has 18 heavy (non-hydrogen) atoms. The predicted octanol–water partition coefficient (Wildman–Crippen LogP) is 2.65. The molecule has 5 heteroatoms. The van der Waals surface area contributed by atoms with E-state index in [9.17, 15) is 0 Å². The maximum absolute atomic E-state index is 4.45. The fraction of sp³-hybridized carbons (Fsp3) is 0.385. The van der Waals surface area contributed by atoms with Gasteiger partial charge in [0.2, 0.25) is 5.95 Å². The van der Waals surface area contributed by atoms with Crippen LogP contribution in [0, 0.1) is 0 Å². The highest BCUT2D eigenvalue weighted by atomic mass is 32.1. The van der Waals surface area contributed by atoms with Crippen LogP contribution in [0.1, 0.15) is 12.5 Å². The Morgan fingerprint density at radius 3 is 2.89 bits per heavy atom. The first-order chi connectivity index (χ1) is 8.65. The lowest BCUT2D eigenvalue weighted by Gasteiger charge is -2.16. The summed E-state index contributed by atoms with van der Waals surface area (Å²) in [6.07, 6.45) is 2.78. The minimum absolute atomic E-state index is 0.351. The van der Waals surface area contributed by atoms with Gasteiger partial charge in [-0.15, -0.1) is 0 Å². The van der Waals surface area contributed by atoms with E-state index in [1.807, 2.05) is 25.1 Å². The summed E-state index contributed by atoms with van der Waals surface area (Å²) >= 11 is 1.73. The van der Waals surface area contributed by atoms with Crippen LogP contribution in [0.15, 0.2) is 29.1 Å². The Labute approximate surface area is 112 Å². The molecule has 96 valence electrons. The zero-order valence-corrected chi connectivity index (χ0v) is 11.7. The summed E-state index contributed by atoms with van der Waals surface area (Å²) in [6, 6.07) is 4.41. The zero-order valence-electron chi connectivity index (χ0n) is 10.9. The van der Waals surface area contributed by atoms with Crippen molar-refractivity contribution in [3.05, 3.63) is 34.7 Å². The van der Waals surface area contributed by atoms with Gasteiger partial charge in [0.25, 0.3) is 0 Å². The molecule has 0 aromatic carbocycles. The third-order valence-corrected chi connectivity index (χ3v) is 3.29. The second-order valence-electron chi connectivity index (χ2n) is 4.52. The fourth-order valence-electron chi connectivity index (χ4n) is 1.71. The summed E-state index contributed by atoms with van der Waals surface area (Å²) in [5.41, 5.74) is 1.36. The SMILES string of the molecule is CC(Cc1ccsc1)Nc1ccnc(N(C)C)n1. The van der Waals surface area contributed by atoms with Gasteiger partial charge < -0.3 is 10.2 Å². The maximum atomic E-state index is 4.45. The Kier molecular flexibility index (Phi) is 4.15. The summed E-state index contributed by atoms with van der Waals surface area (Å²) in [4.78, 5) is 10.5. The summed E-state index contributed by atoms with van der Waals surface area (Å²) in [5.74, 6) is 1.60. The average molecular weight is 262 g/mol. The van der Waals surface area contributed by atoms with Crippen LogP contribution in [0.25, 0.3) is 0 Å². The number of rotatable bonds is 5. The average Bonchev–Trinajstić information content (AvgIpc) is 2.82. The molecule has 0 aliphatic rings. The quantitative estimate of drug-likeness (QED) is 0.899. The lowest BCUT2D eigenvalue weighted by atomic mass is 10.1. The lowest BCUT2D eigenvalue weighted by Crippen LogP contribution is -2.20. The van der Waals surface area contributed by atoms with Crippen molar-refractivity contribution in [2.24, 2.45) is 0 Å². The standard InChI is InChI=1S/C13H18N4S/c1-10(8-11-5-7-18-9-11)15-12-4-6-14-13(16-12)17(2)3/h4-7,9-10H,8H2,1-3H3,(H,14,15,16). The van der Waals surface area contributed by atoms with Crippen LogP contribution < -0.4 is 10.2 Å². The van der Waals surface area contributed by atoms with Gasteiger partial charge in [-0.2, -0.15) is 16.3 Å². The monoisotopic (exact) mass is 262 g/mol. The van der Waals surface area contributed by atoms with Gasteiger partial charge in [0.15, 0.2) is 0 Å². The van der Waals surface area contributed by atoms with Crippen molar-refractivity contribution in [1.29, 1.82) is 0 Å². The van der Waals surface area contributed by atoms with Gasteiger partial charge in [-0.05, 0) is 41.8 Å². The van der Waals surface area contributed by atoms with E-state index in [0.29, 0.717) is 6.04 Å². The number of thiophene rings is 1. The highest BCUT2D eigenvalue weighted by Gasteiger charge is 2.06. The highest BCUT2D eigenvalue weighted by molar-refractivity contribution is 7.07. The number of nitrogens with zero attached hydrogens (tertiary/aromatic N) is 3. The van der Waals surface area contributed by atoms with Gasteiger partial charge in [-0.3, -0.25) is 0 Å². The van der Waals surface area contributed by atoms with Gasteiger partial charge in [0, 0.05) is 26.3 Å². The first kappa shape index (κ1) is 12.8. The van der Waals surface area contributed by atoms with Crippen LogP contribution in [-0.4, -0.2) is 30.1 Å². The maximum Gasteiger partial charge on any atom is 0.226 e. The number of anilines is 2. The van der Waals surface area contributed by atoms with E-state index in [1.165, 1.54) is 5.56 Å². The Bertz CT molecular complexity index is 481. The minimum atomic E-state index is 0.351. The molecule has 0 aliphatic carbocycles. The summed E-state index contributed by atoms with van der Waals surface area (Å²) in [6.45, 7) is 2.16. The Balaban J connectivity index is 1.98. The zero-order chi connectivity index (χ0) is 13.0. The summed E-state index contributed by atoms with van der Waals surface area (Å²) in [5, 5.41) is 7.69. The molecule has 4 nitrogen and oxygen atoms in total. The molecule has 0 bridgehead atoms. The first-order valence-electron chi connectivity index (χ1n) is 5.93. The molecule has 0 spiro atoms. The van der Waals surface area contributed by atoms with E-state index in [-0.39, 0.29) is 0 Å². The number of hydrogen-bond donors (Lipinski definition) is 1.